The van der Waals surface area contributed by atoms with Crippen LogP contribution in [0.15, 0.2) is 75.2 Å². The summed E-state index contributed by atoms with van der Waals surface area (Å²) in [4.78, 5) is 40.7. The number of hydrogen-bond acceptors (Lipinski definition) is 7. The number of nitrogens with zero attached hydrogens (tertiary/aromatic N) is 3. The smallest absolute Gasteiger partial charge is 0.292 e. The van der Waals surface area contributed by atoms with Crippen molar-refractivity contribution in [1.29, 1.82) is 0 Å². The molecule has 0 radical (unpaired) electrons. The lowest BCUT2D eigenvalue weighted by molar-refractivity contribution is -0.383. The minimum atomic E-state index is -0.571. The van der Waals surface area contributed by atoms with E-state index in [-0.39, 0.29) is 29.2 Å². The third kappa shape index (κ3) is 4.66. The van der Waals surface area contributed by atoms with Gasteiger partial charge in [-0.15, -0.1) is 0 Å². The van der Waals surface area contributed by atoms with Gasteiger partial charge in [0.2, 0.25) is 5.91 Å². The number of nitrogens with one attached hydrogen (secondary N) is 1. The third-order valence-corrected chi connectivity index (χ3v) is 5.70. The second kappa shape index (κ2) is 9.25. The van der Waals surface area contributed by atoms with Gasteiger partial charge in [-0.3, -0.25) is 24.3 Å². The van der Waals surface area contributed by atoms with Crippen molar-refractivity contribution in [2.75, 3.05) is 11.1 Å². The summed E-state index contributed by atoms with van der Waals surface area (Å²) in [5.74, 6) is -0.0503. The molecule has 0 bridgehead atoms. The van der Waals surface area contributed by atoms with E-state index in [2.05, 4.69) is 10.3 Å². The lowest BCUT2D eigenvalue weighted by atomic mass is 10.2. The molecular formula is C21H15ClN4O5S. The molecule has 4 rings (SSSR count). The lowest BCUT2D eigenvalue weighted by Gasteiger charge is -2.12. The van der Waals surface area contributed by atoms with Crippen LogP contribution >= 0.6 is 23.4 Å². The number of fused-ring (bicyclic) bond motifs is 1. The topological polar surface area (TPSA) is 120 Å². The van der Waals surface area contributed by atoms with Gasteiger partial charge in [0.15, 0.2) is 5.16 Å². The minimum Gasteiger partial charge on any atom is -0.467 e. The van der Waals surface area contributed by atoms with Gasteiger partial charge in [0, 0.05) is 11.1 Å². The van der Waals surface area contributed by atoms with Crippen molar-refractivity contribution >= 4 is 51.5 Å². The highest BCUT2D eigenvalue weighted by molar-refractivity contribution is 7.99. The maximum atomic E-state index is 13.1. The molecule has 1 amide bonds. The molecule has 0 aliphatic rings. The summed E-state index contributed by atoms with van der Waals surface area (Å²) in [6, 6.07) is 14.1. The third-order valence-electron chi connectivity index (χ3n) is 4.48. The zero-order chi connectivity index (χ0) is 22.7. The molecule has 0 saturated heterocycles. The van der Waals surface area contributed by atoms with Gasteiger partial charge in [0.05, 0.1) is 34.4 Å². The van der Waals surface area contributed by atoms with E-state index in [0.29, 0.717) is 26.8 Å². The molecular weight excluding hydrogens is 456 g/mol. The van der Waals surface area contributed by atoms with Gasteiger partial charge in [0.1, 0.15) is 11.4 Å². The Balaban J connectivity index is 1.62. The Kier molecular flexibility index (Phi) is 6.24. The number of benzene rings is 2. The highest BCUT2D eigenvalue weighted by Gasteiger charge is 2.18. The fourth-order valence-electron chi connectivity index (χ4n) is 3.04. The fourth-order valence-corrected chi connectivity index (χ4v) is 4.00. The molecule has 32 heavy (non-hydrogen) atoms. The van der Waals surface area contributed by atoms with E-state index in [1.807, 2.05) is 0 Å². The first-order chi connectivity index (χ1) is 15.4. The SMILES string of the molecule is O=C(CSc1nc2cc(Cl)ccc2c(=O)n1Cc1ccco1)Nc1ccccc1[N+](=O)[O-]. The van der Waals surface area contributed by atoms with Crippen LogP contribution in [0.3, 0.4) is 0 Å². The second-order valence-corrected chi connectivity index (χ2v) is 8.02. The Labute approximate surface area is 190 Å². The molecule has 0 aliphatic heterocycles. The van der Waals surface area contributed by atoms with Crippen LogP contribution < -0.4 is 10.9 Å². The summed E-state index contributed by atoms with van der Waals surface area (Å²) in [5, 5.41) is 14.8. The molecule has 0 fully saturated rings. The zero-order valence-corrected chi connectivity index (χ0v) is 17.9. The van der Waals surface area contributed by atoms with E-state index in [0.717, 1.165) is 11.8 Å². The van der Waals surface area contributed by atoms with Gasteiger partial charge in [-0.2, -0.15) is 0 Å². The molecule has 9 nitrogen and oxygen atoms in total. The van der Waals surface area contributed by atoms with Crippen LogP contribution in [0.25, 0.3) is 10.9 Å². The van der Waals surface area contributed by atoms with E-state index in [1.165, 1.54) is 29.0 Å². The molecule has 11 heteroatoms. The van der Waals surface area contributed by atoms with E-state index < -0.39 is 10.8 Å². The van der Waals surface area contributed by atoms with Gasteiger partial charge >= 0.3 is 0 Å². The van der Waals surface area contributed by atoms with Crippen LogP contribution in [0.1, 0.15) is 5.76 Å². The molecule has 0 unspecified atom stereocenters. The van der Waals surface area contributed by atoms with Gasteiger partial charge in [0.25, 0.3) is 11.2 Å². The molecule has 2 heterocycles. The number of halogens is 1. The highest BCUT2D eigenvalue weighted by atomic mass is 35.5. The van der Waals surface area contributed by atoms with Crippen LogP contribution in [0.2, 0.25) is 5.02 Å². The van der Waals surface area contributed by atoms with Crippen molar-refractivity contribution in [2.24, 2.45) is 0 Å². The highest BCUT2D eigenvalue weighted by Crippen LogP contribution is 2.25. The predicted molar refractivity (Wildman–Crippen MR) is 121 cm³/mol. The van der Waals surface area contributed by atoms with Crippen LogP contribution in [0.4, 0.5) is 11.4 Å². The van der Waals surface area contributed by atoms with Crippen molar-refractivity contribution in [2.45, 2.75) is 11.7 Å². The Hall–Kier alpha value is -3.63. The lowest BCUT2D eigenvalue weighted by Crippen LogP contribution is -2.24. The average Bonchev–Trinajstić information content (AvgIpc) is 3.28. The fraction of sp³-hybridized carbons (Fsp3) is 0.0952. The Morgan fingerprint density at radius 1 is 1.22 bits per heavy atom. The van der Waals surface area contributed by atoms with Crippen molar-refractivity contribution in [3.8, 4) is 0 Å². The maximum Gasteiger partial charge on any atom is 0.292 e. The number of nitro groups is 1. The number of hydrogen-bond donors (Lipinski definition) is 1. The molecule has 2 aromatic carbocycles. The molecule has 0 spiro atoms. The minimum absolute atomic E-state index is 0.0920. The number of aromatic nitrogens is 2. The molecule has 4 aromatic rings. The summed E-state index contributed by atoms with van der Waals surface area (Å²) in [7, 11) is 0. The number of furan rings is 1. The van der Waals surface area contributed by atoms with E-state index >= 15 is 0 Å². The number of anilines is 1. The van der Waals surface area contributed by atoms with Crippen LogP contribution in [-0.4, -0.2) is 26.1 Å². The van der Waals surface area contributed by atoms with Crippen LogP contribution in [0.5, 0.6) is 0 Å². The molecule has 1 N–H and O–H groups in total. The van der Waals surface area contributed by atoms with Crippen molar-refractivity contribution in [3.63, 3.8) is 0 Å². The van der Waals surface area contributed by atoms with Crippen molar-refractivity contribution in [1.82, 2.24) is 9.55 Å². The quantitative estimate of drug-likeness (QED) is 0.185. The van der Waals surface area contributed by atoms with Crippen LogP contribution in [-0.2, 0) is 11.3 Å². The number of nitro benzene ring substituents is 1. The second-order valence-electron chi connectivity index (χ2n) is 6.64. The van der Waals surface area contributed by atoms with E-state index in [1.54, 1.807) is 36.4 Å². The Bertz CT molecular complexity index is 1370. The summed E-state index contributed by atoms with van der Waals surface area (Å²) in [6.45, 7) is 0.130. The van der Waals surface area contributed by atoms with Gasteiger partial charge < -0.3 is 9.73 Å². The number of rotatable bonds is 7. The van der Waals surface area contributed by atoms with Crippen LogP contribution in [0, 0.1) is 10.1 Å². The number of carbonyl (C=O) groups excluding carboxylic acids is 1. The number of para-hydroxylation sites is 2. The standard InChI is InChI=1S/C21H15ClN4O5S/c22-13-7-8-15-17(10-13)24-21(25(20(15)28)11-14-4-3-9-31-14)32-12-19(27)23-16-5-1-2-6-18(16)26(29)30/h1-10H,11-12H2,(H,23,27). The molecule has 162 valence electrons. The van der Waals surface area contributed by atoms with Gasteiger partial charge in [-0.05, 0) is 36.4 Å². The maximum absolute atomic E-state index is 13.1. The molecule has 0 atom stereocenters. The van der Waals surface area contributed by atoms with E-state index in [9.17, 15) is 19.7 Å². The first kappa shape index (κ1) is 21.6. The summed E-state index contributed by atoms with van der Waals surface area (Å²) >= 11 is 7.08. The molecule has 0 saturated carbocycles. The summed E-state index contributed by atoms with van der Waals surface area (Å²) in [5.41, 5.74) is -0.0159. The molecule has 2 aromatic heterocycles. The van der Waals surface area contributed by atoms with Gasteiger partial charge in [-0.1, -0.05) is 35.5 Å². The zero-order valence-electron chi connectivity index (χ0n) is 16.4. The monoisotopic (exact) mass is 470 g/mol. The first-order valence-corrected chi connectivity index (χ1v) is 10.7. The number of amides is 1. The largest absolute Gasteiger partial charge is 0.467 e. The first-order valence-electron chi connectivity index (χ1n) is 9.31. The molecule has 0 aliphatic carbocycles. The Morgan fingerprint density at radius 3 is 2.78 bits per heavy atom. The van der Waals surface area contributed by atoms with E-state index in [4.69, 9.17) is 16.0 Å². The predicted octanol–water partition coefficient (Wildman–Crippen LogP) is 4.33. The summed E-state index contributed by atoms with van der Waals surface area (Å²) in [6.07, 6.45) is 1.50. The average molecular weight is 471 g/mol. The number of thioether (sulfide) groups is 1. The van der Waals surface area contributed by atoms with Crippen molar-refractivity contribution in [3.05, 3.63) is 92.1 Å². The van der Waals surface area contributed by atoms with Crippen molar-refractivity contribution < 1.29 is 14.1 Å². The Morgan fingerprint density at radius 2 is 2.03 bits per heavy atom. The van der Waals surface area contributed by atoms with Gasteiger partial charge in [-0.25, -0.2) is 4.98 Å². The number of carbonyl (C=O) groups is 1. The normalized spacial score (nSPS) is 10.9. The summed E-state index contributed by atoms with van der Waals surface area (Å²) < 4.78 is 6.77.